The largest absolute Gasteiger partial charge is 0.353 e. The average molecular weight is 289 g/mol. The van der Waals surface area contributed by atoms with Gasteiger partial charge in [-0.15, -0.1) is 0 Å². The molecule has 0 saturated carbocycles. The standard InChI is InChI=1S/C7H11BrClO3P/c1-3-7(8)5(2)12-13(10,11)4-6(7)9/h4-5H,3H2,1-2H3,(H,10,11). The van der Waals surface area contributed by atoms with E-state index in [2.05, 4.69) is 15.9 Å². The summed E-state index contributed by atoms with van der Waals surface area (Å²) < 4.78 is 15.6. The van der Waals surface area contributed by atoms with Crippen LogP contribution in [-0.2, 0) is 9.09 Å². The van der Waals surface area contributed by atoms with Crippen LogP contribution in [0.3, 0.4) is 0 Å². The first kappa shape index (κ1) is 11.7. The maximum atomic E-state index is 11.2. The summed E-state index contributed by atoms with van der Waals surface area (Å²) in [6.45, 7) is 3.65. The van der Waals surface area contributed by atoms with E-state index >= 15 is 0 Å². The summed E-state index contributed by atoms with van der Waals surface area (Å²) in [6.07, 6.45) is 0.287. The lowest BCUT2D eigenvalue weighted by molar-refractivity contribution is 0.163. The van der Waals surface area contributed by atoms with Crippen molar-refractivity contribution in [2.45, 2.75) is 30.7 Å². The predicted octanol–water partition coefficient (Wildman–Crippen LogP) is 3.21. The number of rotatable bonds is 1. The molecule has 3 nitrogen and oxygen atoms in total. The molecule has 6 heteroatoms. The van der Waals surface area contributed by atoms with E-state index in [4.69, 9.17) is 16.1 Å². The molecule has 0 spiro atoms. The minimum absolute atomic E-state index is 0.347. The first-order valence-electron chi connectivity index (χ1n) is 3.90. The summed E-state index contributed by atoms with van der Waals surface area (Å²) in [5.74, 6) is 1.09. The van der Waals surface area contributed by atoms with Gasteiger partial charge in [0.15, 0.2) is 0 Å². The molecule has 0 aromatic rings. The Hall–Kier alpha value is 0.660. The van der Waals surface area contributed by atoms with Gasteiger partial charge in [-0.3, -0.25) is 4.57 Å². The van der Waals surface area contributed by atoms with Crippen LogP contribution in [0.5, 0.6) is 0 Å². The fourth-order valence-corrected chi connectivity index (χ4v) is 3.64. The monoisotopic (exact) mass is 288 g/mol. The molecule has 1 heterocycles. The lowest BCUT2D eigenvalue weighted by Crippen LogP contribution is -2.37. The number of hydrogen-bond donors (Lipinski definition) is 1. The molecule has 0 saturated heterocycles. The van der Waals surface area contributed by atoms with E-state index in [1.54, 1.807) is 6.92 Å². The summed E-state index contributed by atoms with van der Waals surface area (Å²) in [6, 6.07) is 0. The molecule has 1 aliphatic heterocycles. The lowest BCUT2D eigenvalue weighted by atomic mass is 10.0. The zero-order chi connectivity index (χ0) is 10.3. The maximum Gasteiger partial charge on any atom is 0.353 e. The van der Waals surface area contributed by atoms with Gasteiger partial charge in [0.1, 0.15) is 0 Å². The fourth-order valence-electron chi connectivity index (χ4n) is 1.24. The fraction of sp³-hybridized carbons (Fsp3) is 0.714. The number of hydrogen-bond acceptors (Lipinski definition) is 2. The lowest BCUT2D eigenvalue weighted by Gasteiger charge is -2.36. The van der Waals surface area contributed by atoms with Gasteiger partial charge in [0.05, 0.1) is 10.4 Å². The van der Waals surface area contributed by atoms with Crippen LogP contribution < -0.4 is 0 Å². The summed E-state index contributed by atoms with van der Waals surface area (Å²) >= 11 is 9.33. The Labute approximate surface area is 90.8 Å². The van der Waals surface area contributed by atoms with E-state index in [0.29, 0.717) is 11.5 Å². The van der Waals surface area contributed by atoms with Crippen LogP contribution in [0.2, 0.25) is 0 Å². The van der Waals surface area contributed by atoms with E-state index in [1.807, 2.05) is 6.92 Å². The van der Waals surface area contributed by atoms with E-state index in [9.17, 15) is 9.46 Å². The van der Waals surface area contributed by atoms with Gasteiger partial charge >= 0.3 is 7.60 Å². The van der Waals surface area contributed by atoms with Crippen LogP contribution in [0.1, 0.15) is 20.3 Å². The second kappa shape index (κ2) is 3.67. The van der Waals surface area contributed by atoms with Gasteiger partial charge in [0, 0.05) is 10.8 Å². The first-order chi connectivity index (χ1) is 5.82. The third-order valence-electron chi connectivity index (χ3n) is 2.14. The zero-order valence-corrected chi connectivity index (χ0v) is 10.6. The van der Waals surface area contributed by atoms with Gasteiger partial charge in [-0.25, -0.2) is 0 Å². The van der Waals surface area contributed by atoms with Crippen molar-refractivity contribution in [2.24, 2.45) is 0 Å². The second-order valence-corrected chi connectivity index (χ2v) is 6.42. The molecule has 1 N–H and O–H groups in total. The van der Waals surface area contributed by atoms with Crippen molar-refractivity contribution in [1.29, 1.82) is 0 Å². The van der Waals surface area contributed by atoms with Gasteiger partial charge in [0.2, 0.25) is 0 Å². The Bertz CT molecular complexity index is 293. The van der Waals surface area contributed by atoms with Crippen molar-refractivity contribution in [3.05, 3.63) is 10.8 Å². The molecule has 1 rings (SSSR count). The minimum atomic E-state index is -3.62. The Morgan fingerprint density at radius 1 is 1.92 bits per heavy atom. The Kier molecular flexibility index (Phi) is 3.31. The second-order valence-electron chi connectivity index (χ2n) is 3.00. The minimum Gasteiger partial charge on any atom is -0.321 e. The van der Waals surface area contributed by atoms with Crippen LogP contribution in [0.25, 0.3) is 0 Å². The first-order valence-corrected chi connectivity index (χ1v) is 6.72. The van der Waals surface area contributed by atoms with Crippen molar-refractivity contribution in [2.75, 3.05) is 0 Å². The molecule has 0 bridgehead atoms. The Morgan fingerprint density at radius 2 is 2.46 bits per heavy atom. The number of halogens is 2. The van der Waals surface area contributed by atoms with Crippen molar-refractivity contribution < 1.29 is 14.0 Å². The molecule has 0 aliphatic carbocycles. The van der Waals surface area contributed by atoms with Gasteiger partial charge in [-0.1, -0.05) is 34.5 Å². The normalized spacial score (nSPS) is 45.9. The third kappa shape index (κ3) is 2.18. The summed E-state index contributed by atoms with van der Waals surface area (Å²) in [4.78, 5) is 9.19. The third-order valence-corrected chi connectivity index (χ3v) is 5.80. The maximum absolute atomic E-state index is 11.2. The van der Waals surface area contributed by atoms with Crippen LogP contribution in [0.15, 0.2) is 10.8 Å². The molecule has 0 amide bonds. The molecular weight excluding hydrogens is 278 g/mol. The van der Waals surface area contributed by atoms with Crippen LogP contribution in [0, 0.1) is 0 Å². The molecule has 0 radical (unpaired) electrons. The topological polar surface area (TPSA) is 46.5 Å². The van der Waals surface area contributed by atoms with Gasteiger partial charge < -0.3 is 9.42 Å². The zero-order valence-electron chi connectivity index (χ0n) is 7.33. The molecule has 3 unspecified atom stereocenters. The Balaban J connectivity index is 3.11. The molecule has 13 heavy (non-hydrogen) atoms. The molecule has 0 aromatic heterocycles. The summed E-state index contributed by atoms with van der Waals surface area (Å²) in [5.41, 5.74) is 0. The quantitative estimate of drug-likeness (QED) is 0.595. The molecule has 0 fully saturated rings. The summed E-state index contributed by atoms with van der Waals surface area (Å²) in [7, 11) is -3.62. The van der Waals surface area contributed by atoms with Crippen LogP contribution in [0.4, 0.5) is 0 Å². The average Bonchev–Trinajstić information content (AvgIpc) is 1.98. The van der Waals surface area contributed by atoms with Crippen LogP contribution in [-0.4, -0.2) is 15.3 Å². The predicted molar refractivity (Wildman–Crippen MR) is 56.3 cm³/mol. The molecule has 76 valence electrons. The molecule has 3 atom stereocenters. The van der Waals surface area contributed by atoms with Crippen molar-refractivity contribution in [1.82, 2.24) is 0 Å². The smallest absolute Gasteiger partial charge is 0.321 e. The van der Waals surface area contributed by atoms with Crippen molar-refractivity contribution in [3.63, 3.8) is 0 Å². The van der Waals surface area contributed by atoms with Gasteiger partial charge in [0.25, 0.3) is 0 Å². The number of alkyl halides is 1. The Morgan fingerprint density at radius 3 is 2.85 bits per heavy atom. The molecular formula is C7H11BrClO3P. The van der Waals surface area contributed by atoms with E-state index in [1.165, 1.54) is 0 Å². The molecule has 0 aromatic carbocycles. The molecule has 1 aliphatic rings. The SMILES string of the molecule is CCC1(Br)C(Cl)=CP(=O)(O)OC1C. The van der Waals surface area contributed by atoms with Gasteiger partial charge in [-0.2, -0.15) is 0 Å². The van der Waals surface area contributed by atoms with Gasteiger partial charge in [-0.05, 0) is 13.3 Å². The highest BCUT2D eigenvalue weighted by Crippen LogP contribution is 2.57. The van der Waals surface area contributed by atoms with Crippen LogP contribution >= 0.6 is 35.1 Å². The van der Waals surface area contributed by atoms with Crippen molar-refractivity contribution >= 4 is 35.1 Å². The van der Waals surface area contributed by atoms with E-state index in [-0.39, 0.29) is 0 Å². The highest BCUT2D eigenvalue weighted by atomic mass is 79.9. The highest BCUT2D eigenvalue weighted by Gasteiger charge is 2.44. The van der Waals surface area contributed by atoms with E-state index < -0.39 is 18.0 Å². The van der Waals surface area contributed by atoms with E-state index in [0.717, 1.165) is 5.82 Å². The highest BCUT2D eigenvalue weighted by molar-refractivity contribution is 9.10. The van der Waals surface area contributed by atoms with Crippen molar-refractivity contribution in [3.8, 4) is 0 Å². The summed E-state index contributed by atoms with van der Waals surface area (Å²) in [5, 5.41) is 0.347.